The second kappa shape index (κ2) is 9.17. The highest BCUT2D eigenvalue weighted by Gasteiger charge is 2.37. The number of amides is 4. The second-order valence-corrected chi connectivity index (χ2v) is 8.37. The van der Waals surface area contributed by atoms with Crippen molar-refractivity contribution in [3.8, 4) is 0 Å². The lowest BCUT2D eigenvalue weighted by molar-refractivity contribution is -0.122. The molecule has 4 amide bonds. The van der Waals surface area contributed by atoms with Crippen molar-refractivity contribution >= 4 is 52.8 Å². The predicted molar refractivity (Wildman–Crippen MR) is 126 cm³/mol. The molecule has 1 fully saturated rings. The van der Waals surface area contributed by atoms with Gasteiger partial charge in [0.25, 0.3) is 11.8 Å². The van der Waals surface area contributed by atoms with Crippen LogP contribution in [0.25, 0.3) is 6.08 Å². The minimum atomic E-state index is -0.870. The van der Waals surface area contributed by atoms with E-state index < -0.39 is 17.8 Å². The Morgan fingerprint density at radius 1 is 0.939 bits per heavy atom. The van der Waals surface area contributed by atoms with Crippen LogP contribution < -0.4 is 10.2 Å². The fourth-order valence-corrected chi connectivity index (χ4v) is 3.91. The molecule has 3 aromatic rings. The van der Waals surface area contributed by atoms with Gasteiger partial charge in [0.15, 0.2) is 0 Å². The first-order valence-electron chi connectivity index (χ1n) is 9.94. The lowest BCUT2D eigenvalue weighted by Gasteiger charge is -2.27. The zero-order valence-corrected chi connectivity index (χ0v) is 18.9. The highest BCUT2D eigenvalue weighted by molar-refractivity contribution is 6.40. The molecule has 1 saturated heterocycles. The first-order chi connectivity index (χ1) is 15.7. The maximum Gasteiger partial charge on any atom is 0.335 e. The van der Waals surface area contributed by atoms with Gasteiger partial charge in [0.05, 0.1) is 5.69 Å². The number of hydrogen-bond donors (Lipinski definition) is 1. The number of benzene rings is 3. The molecule has 4 rings (SSSR count). The van der Waals surface area contributed by atoms with Crippen molar-refractivity contribution in [2.75, 3.05) is 4.90 Å². The van der Waals surface area contributed by atoms with Crippen molar-refractivity contribution < 1.29 is 18.8 Å². The number of carbonyl (C=O) groups excluding carboxylic acids is 3. The highest BCUT2D eigenvalue weighted by Crippen LogP contribution is 2.29. The van der Waals surface area contributed by atoms with Gasteiger partial charge in [-0.25, -0.2) is 14.1 Å². The number of carbonyl (C=O) groups is 3. The van der Waals surface area contributed by atoms with Gasteiger partial charge in [-0.05, 0) is 65.6 Å². The molecule has 1 aliphatic rings. The van der Waals surface area contributed by atoms with Crippen molar-refractivity contribution in [1.82, 2.24) is 5.32 Å². The van der Waals surface area contributed by atoms with Crippen molar-refractivity contribution in [1.29, 1.82) is 0 Å². The van der Waals surface area contributed by atoms with E-state index in [9.17, 15) is 18.8 Å². The number of anilines is 1. The Hall–Kier alpha value is -3.48. The summed E-state index contributed by atoms with van der Waals surface area (Å²) in [5.74, 6) is -2.01. The minimum absolute atomic E-state index is 0.217. The fourth-order valence-electron chi connectivity index (χ4n) is 3.56. The predicted octanol–water partition coefficient (Wildman–Crippen LogP) is 5.70. The third-order valence-electron chi connectivity index (χ3n) is 5.26. The van der Waals surface area contributed by atoms with Gasteiger partial charge in [0.2, 0.25) is 0 Å². The van der Waals surface area contributed by atoms with Gasteiger partial charge in [-0.3, -0.25) is 14.9 Å². The molecule has 1 aliphatic heterocycles. The van der Waals surface area contributed by atoms with Crippen LogP contribution in [0.4, 0.5) is 14.9 Å². The van der Waals surface area contributed by atoms with Gasteiger partial charge in [0, 0.05) is 16.5 Å². The third-order valence-corrected chi connectivity index (χ3v) is 5.73. The number of halogens is 3. The van der Waals surface area contributed by atoms with E-state index in [0.717, 1.165) is 4.90 Å². The van der Waals surface area contributed by atoms with Gasteiger partial charge >= 0.3 is 6.03 Å². The van der Waals surface area contributed by atoms with Crippen LogP contribution >= 0.6 is 23.2 Å². The first kappa shape index (κ1) is 22.7. The van der Waals surface area contributed by atoms with Crippen LogP contribution in [0.3, 0.4) is 0 Å². The lowest BCUT2D eigenvalue weighted by Crippen LogP contribution is -2.54. The molecule has 0 spiro atoms. The molecule has 0 bridgehead atoms. The summed E-state index contributed by atoms with van der Waals surface area (Å²) in [7, 11) is 0. The molecule has 33 heavy (non-hydrogen) atoms. The zero-order valence-electron chi connectivity index (χ0n) is 17.4. The van der Waals surface area contributed by atoms with Gasteiger partial charge in [-0.15, -0.1) is 0 Å². The summed E-state index contributed by atoms with van der Waals surface area (Å²) in [6, 6.07) is 15.2. The third kappa shape index (κ3) is 4.67. The molecule has 0 saturated carbocycles. The second-order valence-electron chi connectivity index (χ2n) is 7.50. The van der Waals surface area contributed by atoms with Crippen LogP contribution in [0.15, 0.2) is 66.2 Å². The number of nitrogens with one attached hydrogen (secondary N) is 1. The molecule has 3 aromatic carbocycles. The van der Waals surface area contributed by atoms with E-state index in [0.29, 0.717) is 32.3 Å². The topological polar surface area (TPSA) is 66.5 Å². The minimum Gasteiger partial charge on any atom is -0.273 e. The Balaban J connectivity index is 1.78. The molecule has 1 N–H and O–H groups in total. The van der Waals surface area contributed by atoms with Crippen molar-refractivity contribution in [3.63, 3.8) is 0 Å². The molecular weight excluding hydrogens is 466 g/mol. The van der Waals surface area contributed by atoms with Crippen molar-refractivity contribution in [2.24, 2.45) is 0 Å². The first-order valence-corrected chi connectivity index (χ1v) is 10.7. The maximum atomic E-state index is 14.2. The van der Waals surface area contributed by atoms with Gasteiger partial charge in [0.1, 0.15) is 11.4 Å². The highest BCUT2D eigenvalue weighted by atomic mass is 35.5. The molecule has 0 atom stereocenters. The summed E-state index contributed by atoms with van der Waals surface area (Å²) in [6.07, 6.45) is 1.58. The van der Waals surface area contributed by atoms with Crippen molar-refractivity contribution in [3.05, 3.63) is 104 Å². The Morgan fingerprint density at radius 3 is 2.39 bits per heavy atom. The summed E-state index contributed by atoms with van der Waals surface area (Å²) in [6.45, 7) is 1.72. The van der Waals surface area contributed by atoms with E-state index in [1.807, 2.05) is 0 Å². The van der Waals surface area contributed by atoms with Crippen LogP contribution in [-0.4, -0.2) is 17.8 Å². The Kier molecular flexibility index (Phi) is 6.31. The van der Waals surface area contributed by atoms with Crippen LogP contribution in [0.2, 0.25) is 10.0 Å². The van der Waals surface area contributed by atoms with Gasteiger partial charge < -0.3 is 0 Å². The maximum absolute atomic E-state index is 14.2. The smallest absolute Gasteiger partial charge is 0.273 e. The van der Waals surface area contributed by atoms with E-state index >= 15 is 0 Å². The average Bonchev–Trinajstić information content (AvgIpc) is 2.76. The van der Waals surface area contributed by atoms with Crippen LogP contribution in [0.1, 0.15) is 22.3 Å². The van der Waals surface area contributed by atoms with E-state index in [2.05, 4.69) is 5.32 Å². The lowest BCUT2D eigenvalue weighted by atomic mass is 9.97. The number of imide groups is 2. The molecule has 0 aliphatic carbocycles. The largest absolute Gasteiger partial charge is 0.335 e. The number of nitrogens with zero attached hydrogens (tertiary/aromatic N) is 1. The number of aryl methyl sites for hydroxylation is 1. The van der Waals surface area contributed by atoms with E-state index in [1.165, 1.54) is 18.2 Å². The van der Waals surface area contributed by atoms with Crippen molar-refractivity contribution in [2.45, 2.75) is 13.3 Å². The standard InChI is InChI=1S/C25H17Cl2FN2O3/c1-14-6-8-19(27)13-22(14)30-24(32)20(23(31)29-25(30)33)12-17-11-18(26)9-7-15(17)10-16-4-2-3-5-21(16)28/h2-9,11-13H,10H2,1H3,(H,29,31,33)/b20-12+. The molecule has 1 heterocycles. The molecular formula is C25H17Cl2FN2O3. The number of barbiturate groups is 1. The molecule has 8 heteroatoms. The molecule has 166 valence electrons. The SMILES string of the molecule is Cc1ccc(Cl)cc1N1C(=O)NC(=O)/C(=C\c2cc(Cl)ccc2Cc2ccccc2F)C1=O. The number of urea groups is 1. The van der Waals surface area contributed by atoms with Gasteiger partial charge in [-0.2, -0.15) is 0 Å². The Morgan fingerprint density at radius 2 is 1.64 bits per heavy atom. The monoisotopic (exact) mass is 482 g/mol. The average molecular weight is 483 g/mol. The Labute approximate surface area is 199 Å². The number of hydrogen-bond acceptors (Lipinski definition) is 3. The summed E-state index contributed by atoms with van der Waals surface area (Å²) in [4.78, 5) is 39.2. The van der Waals surface area contributed by atoms with Gasteiger partial charge in [-0.1, -0.05) is 53.5 Å². The fraction of sp³-hybridized carbons (Fsp3) is 0.0800. The van der Waals surface area contributed by atoms with E-state index in [4.69, 9.17) is 23.2 Å². The van der Waals surface area contributed by atoms with Crippen LogP contribution in [-0.2, 0) is 16.0 Å². The van der Waals surface area contributed by atoms with Crippen LogP contribution in [0, 0.1) is 12.7 Å². The number of rotatable bonds is 4. The molecule has 0 aromatic heterocycles. The quantitative estimate of drug-likeness (QED) is 0.383. The Bertz CT molecular complexity index is 1340. The molecule has 0 unspecified atom stereocenters. The zero-order chi connectivity index (χ0) is 23.7. The van der Waals surface area contributed by atoms with E-state index in [-0.39, 0.29) is 23.5 Å². The molecule has 0 radical (unpaired) electrons. The molecule has 5 nitrogen and oxygen atoms in total. The van der Waals surface area contributed by atoms with E-state index in [1.54, 1.807) is 55.5 Å². The summed E-state index contributed by atoms with van der Waals surface area (Å²) in [5.41, 5.74) is 2.19. The van der Waals surface area contributed by atoms with Crippen LogP contribution in [0.5, 0.6) is 0 Å². The summed E-state index contributed by atoms with van der Waals surface area (Å²) < 4.78 is 14.2. The summed E-state index contributed by atoms with van der Waals surface area (Å²) in [5, 5.41) is 2.90. The normalized spacial score (nSPS) is 15.2. The summed E-state index contributed by atoms with van der Waals surface area (Å²) >= 11 is 12.2.